The van der Waals surface area contributed by atoms with Gasteiger partial charge in [-0.25, -0.2) is 0 Å². The molecule has 0 aliphatic heterocycles. The zero-order valence-electron chi connectivity index (χ0n) is 21.2. The molecule has 0 fully saturated rings. The summed E-state index contributed by atoms with van der Waals surface area (Å²) in [6.07, 6.45) is -4.43. The molecule has 0 unspecified atom stereocenters. The van der Waals surface area contributed by atoms with Crippen LogP contribution in [0.2, 0.25) is 0 Å². The maximum absolute atomic E-state index is 14.1. The smallest absolute Gasteiger partial charge is 0.308 e. The molecule has 0 amide bonds. The summed E-state index contributed by atoms with van der Waals surface area (Å²) in [4.78, 5) is 0. The van der Waals surface area contributed by atoms with E-state index in [4.69, 9.17) is 0 Å². The second-order valence-electron chi connectivity index (χ2n) is 11.0. The number of hydrogen-bond acceptors (Lipinski definition) is 0. The summed E-state index contributed by atoms with van der Waals surface area (Å²) in [5.74, 6) is 0.750. The van der Waals surface area contributed by atoms with Gasteiger partial charge in [-0.3, -0.25) is 0 Å². The second-order valence-corrected chi connectivity index (χ2v) is 11.0. The number of aromatic nitrogens is 1. The van der Waals surface area contributed by atoms with Crippen LogP contribution in [0.25, 0.3) is 59.6 Å². The third-order valence-electron chi connectivity index (χ3n) is 8.01. The minimum Gasteiger partial charge on any atom is -0.308 e. The van der Waals surface area contributed by atoms with Gasteiger partial charge in [0.15, 0.2) is 0 Å². The molecule has 0 saturated carbocycles. The van der Waals surface area contributed by atoms with Crippen molar-refractivity contribution in [1.29, 1.82) is 0 Å². The minimum absolute atomic E-state index is 0.375. The van der Waals surface area contributed by atoms with E-state index in [1.165, 1.54) is 23.3 Å². The van der Waals surface area contributed by atoms with Crippen LogP contribution in [0.3, 0.4) is 0 Å². The largest absolute Gasteiger partial charge is 0.416 e. The molecule has 7 rings (SSSR count). The van der Waals surface area contributed by atoms with Crippen molar-refractivity contribution in [2.24, 2.45) is 0 Å². The Morgan fingerprint density at radius 2 is 1.00 bits per heavy atom. The molecule has 7 aromatic rings. The SMILES string of the molecule is CC(C)c1ccc2cc3c(cc2c1)c1cc(C(F)(F)F)cc2c4cc5cc(C(C)C)ccc5cc4n3c12. The van der Waals surface area contributed by atoms with Crippen molar-refractivity contribution in [3.63, 3.8) is 0 Å². The van der Waals surface area contributed by atoms with E-state index < -0.39 is 11.7 Å². The highest BCUT2D eigenvalue weighted by molar-refractivity contribution is 6.26. The van der Waals surface area contributed by atoms with Crippen molar-refractivity contribution >= 4 is 59.6 Å². The van der Waals surface area contributed by atoms with Crippen LogP contribution in [0.15, 0.2) is 72.8 Å². The van der Waals surface area contributed by atoms with Gasteiger partial charge < -0.3 is 4.40 Å². The quantitative estimate of drug-likeness (QED) is 0.226. The third-order valence-corrected chi connectivity index (χ3v) is 8.01. The summed E-state index contributed by atoms with van der Waals surface area (Å²) < 4.78 is 44.5. The number of benzene rings is 5. The van der Waals surface area contributed by atoms with Crippen LogP contribution in [0.4, 0.5) is 13.2 Å². The number of halogens is 3. The van der Waals surface area contributed by atoms with Crippen LogP contribution in [0, 0.1) is 0 Å². The van der Waals surface area contributed by atoms with Crippen LogP contribution in [0.5, 0.6) is 0 Å². The summed E-state index contributed by atoms with van der Waals surface area (Å²) in [5.41, 5.74) is 4.58. The van der Waals surface area contributed by atoms with Crippen molar-refractivity contribution in [1.82, 2.24) is 4.40 Å². The Kier molecular flexibility index (Phi) is 4.47. The number of nitrogens with zero attached hydrogens (tertiary/aromatic N) is 1. The highest BCUT2D eigenvalue weighted by Crippen LogP contribution is 2.44. The Morgan fingerprint density at radius 3 is 1.41 bits per heavy atom. The predicted molar refractivity (Wildman–Crippen MR) is 149 cm³/mol. The van der Waals surface area contributed by atoms with E-state index in [2.05, 4.69) is 92.8 Å². The monoisotopic (exact) mass is 493 g/mol. The minimum atomic E-state index is -4.43. The highest BCUT2D eigenvalue weighted by atomic mass is 19.4. The van der Waals surface area contributed by atoms with E-state index in [0.29, 0.717) is 22.6 Å². The fourth-order valence-electron chi connectivity index (χ4n) is 5.95. The van der Waals surface area contributed by atoms with E-state index in [9.17, 15) is 13.2 Å². The van der Waals surface area contributed by atoms with Crippen molar-refractivity contribution in [2.75, 3.05) is 0 Å². The van der Waals surface area contributed by atoms with E-state index in [1.807, 2.05) is 0 Å². The number of fused-ring (bicyclic) bond motifs is 8. The van der Waals surface area contributed by atoms with E-state index in [0.717, 1.165) is 48.9 Å². The summed E-state index contributed by atoms with van der Waals surface area (Å²) in [6.45, 7) is 8.60. The Hall–Kier alpha value is -3.79. The lowest BCUT2D eigenvalue weighted by atomic mass is 9.96. The van der Waals surface area contributed by atoms with Crippen molar-refractivity contribution < 1.29 is 13.2 Å². The summed E-state index contributed by atoms with van der Waals surface area (Å²) in [5, 5.41) is 7.30. The van der Waals surface area contributed by atoms with Gasteiger partial charge >= 0.3 is 6.18 Å². The van der Waals surface area contributed by atoms with Gasteiger partial charge in [0, 0.05) is 21.5 Å². The normalized spacial score (nSPS) is 13.2. The van der Waals surface area contributed by atoms with Gasteiger partial charge in [-0.05, 0) is 80.9 Å². The molecule has 0 atom stereocenters. The molecule has 0 aliphatic carbocycles. The predicted octanol–water partition coefficient (Wildman–Crippen LogP) is 10.4. The Balaban J connectivity index is 1.68. The first-order chi connectivity index (χ1) is 17.6. The lowest BCUT2D eigenvalue weighted by Gasteiger charge is -2.10. The summed E-state index contributed by atoms with van der Waals surface area (Å²) in [6, 6.07) is 23.9. The van der Waals surface area contributed by atoms with Crippen LogP contribution < -0.4 is 0 Å². The molecule has 0 spiro atoms. The van der Waals surface area contributed by atoms with Gasteiger partial charge in [0.05, 0.1) is 22.1 Å². The standard InChI is InChI=1S/C33H26F3N/c1-17(2)19-5-7-21-13-30-26(11-23(21)9-19)28-15-25(33(34,35)36)16-29-27-12-24-10-20(18(3)4)6-8-22(24)14-31(27)37(30)32(28)29/h5-18H,1-4H3. The molecule has 37 heavy (non-hydrogen) atoms. The van der Waals surface area contributed by atoms with Crippen molar-refractivity contribution in [3.05, 3.63) is 89.5 Å². The second kappa shape index (κ2) is 7.38. The first kappa shape index (κ1) is 22.4. The molecule has 184 valence electrons. The molecule has 0 N–H and O–H groups in total. The molecule has 2 aromatic heterocycles. The average Bonchev–Trinajstić information content (AvgIpc) is 3.35. The van der Waals surface area contributed by atoms with E-state index >= 15 is 0 Å². The molecular formula is C33H26F3N. The fraction of sp³-hybridized carbons (Fsp3) is 0.212. The maximum atomic E-state index is 14.1. The van der Waals surface area contributed by atoms with Crippen LogP contribution in [0.1, 0.15) is 56.2 Å². The van der Waals surface area contributed by atoms with Gasteiger partial charge in [-0.2, -0.15) is 13.2 Å². The fourth-order valence-corrected chi connectivity index (χ4v) is 5.95. The Bertz CT molecular complexity index is 1890. The zero-order valence-corrected chi connectivity index (χ0v) is 21.2. The number of rotatable bonds is 2. The average molecular weight is 494 g/mol. The van der Waals surface area contributed by atoms with E-state index in [-0.39, 0.29) is 0 Å². The lowest BCUT2D eigenvalue weighted by Crippen LogP contribution is -2.04. The third kappa shape index (κ3) is 3.18. The Morgan fingerprint density at radius 1 is 0.541 bits per heavy atom. The molecule has 2 heterocycles. The van der Waals surface area contributed by atoms with Crippen LogP contribution >= 0.6 is 0 Å². The molecule has 0 aliphatic rings. The first-order valence-electron chi connectivity index (χ1n) is 12.8. The van der Waals surface area contributed by atoms with Gasteiger partial charge in [-0.15, -0.1) is 0 Å². The van der Waals surface area contributed by atoms with Gasteiger partial charge in [-0.1, -0.05) is 64.1 Å². The number of alkyl halides is 3. The van der Waals surface area contributed by atoms with E-state index in [1.54, 1.807) is 0 Å². The molecule has 0 bridgehead atoms. The first-order valence-corrected chi connectivity index (χ1v) is 12.8. The summed E-state index contributed by atoms with van der Waals surface area (Å²) >= 11 is 0. The zero-order chi connectivity index (χ0) is 25.8. The lowest BCUT2D eigenvalue weighted by molar-refractivity contribution is -0.137. The van der Waals surface area contributed by atoms with Crippen molar-refractivity contribution in [2.45, 2.75) is 45.7 Å². The van der Waals surface area contributed by atoms with Gasteiger partial charge in [0.25, 0.3) is 0 Å². The molecule has 4 heteroatoms. The van der Waals surface area contributed by atoms with Gasteiger partial charge in [0.1, 0.15) is 0 Å². The van der Waals surface area contributed by atoms with Crippen molar-refractivity contribution in [3.8, 4) is 0 Å². The molecule has 0 saturated heterocycles. The topological polar surface area (TPSA) is 4.41 Å². The van der Waals surface area contributed by atoms with Gasteiger partial charge in [0.2, 0.25) is 0 Å². The molecular weight excluding hydrogens is 467 g/mol. The maximum Gasteiger partial charge on any atom is 0.416 e. The Labute approximate surface area is 212 Å². The number of hydrogen-bond donors (Lipinski definition) is 0. The molecule has 5 aromatic carbocycles. The molecule has 0 radical (unpaired) electrons. The van der Waals surface area contributed by atoms with Crippen LogP contribution in [-0.4, -0.2) is 4.40 Å². The summed E-state index contributed by atoms with van der Waals surface area (Å²) in [7, 11) is 0. The van der Waals surface area contributed by atoms with Crippen LogP contribution in [-0.2, 0) is 6.18 Å². The highest BCUT2D eigenvalue weighted by Gasteiger charge is 2.32. The molecule has 1 nitrogen and oxygen atoms in total.